The van der Waals surface area contributed by atoms with Crippen molar-refractivity contribution in [1.82, 2.24) is 25.4 Å². The first-order chi connectivity index (χ1) is 11.1. The Bertz CT molecular complexity index is 529. The number of aliphatic imine (C=N–C) groups is 1. The maximum absolute atomic E-state index is 5.43. The lowest BCUT2D eigenvalue weighted by Crippen LogP contribution is -2.45. The summed E-state index contributed by atoms with van der Waals surface area (Å²) in [5, 5.41) is 15.2. The summed E-state index contributed by atoms with van der Waals surface area (Å²) in [7, 11) is 1.72. The fraction of sp³-hybridized carbons (Fsp3) is 0.812. The molecule has 2 N–H and O–H groups in total. The molecular weight excluding hydrogens is 419 g/mol. The molecule has 0 unspecified atom stereocenters. The minimum atomic E-state index is -0.234. The van der Waals surface area contributed by atoms with Gasteiger partial charge in [0.1, 0.15) is 12.4 Å². The van der Waals surface area contributed by atoms with Crippen LogP contribution >= 0.6 is 24.0 Å². The molecule has 2 rings (SSSR count). The molecule has 8 heteroatoms. The molecule has 0 saturated heterocycles. The van der Waals surface area contributed by atoms with E-state index in [1.165, 1.54) is 19.3 Å². The monoisotopic (exact) mass is 450 g/mol. The number of aromatic nitrogens is 3. The standard InChI is InChI=1S/C16H30N6O.HI/c1-5-17-15(19-12-16(2,3)23-4)18-11-14-21-20-13-9-7-6-8-10-22(13)14;/h5-12H2,1-4H3,(H2,17,18,19);1H. The minimum Gasteiger partial charge on any atom is -0.377 e. The summed E-state index contributed by atoms with van der Waals surface area (Å²) in [5.41, 5.74) is -0.234. The molecule has 1 aliphatic rings. The van der Waals surface area contributed by atoms with Gasteiger partial charge in [0, 0.05) is 33.2 Å². The number of nitrogens with zero attached hydrogens (tertiary/aromatic N) is 4. The molecule has 0 fully saturated rings. The zero-order chi connectivity index (χ0) is 16.7. The highest BCUT2D eigenvalue weighted by Gasteiger charge is 2.17. The number of aryl methyl sites for hydroxylation is 1. The molecule has 138 valence electrons. The van der Waals surface area contributed by atoms with Gasteiger partial charge in [-0.2, -0.15) is 0 Å². The molecule has 2 heterocycles. The van der Waals surface area contributed by atoms with E-state index in [9.17, 15) is 0 Å². The number of hydrogen-bond acceptors (Lipinski definition) is 4. The summed E-state index contributed by atoms with van der Waals surface area (Å²) in [6.07, 6.45) is 4.69. The molecule has 7 nitrogen and oxygen atoms in total. The summed E-state index contributed by atoms with van der Waals surface area (Å²) in [6.45, 7) is 9.19. The quantitative estimate of drug-likeness (QED) is 0.395. The van der Waals surface area contributed by atoms with Gasteiger partial charge in [-0.25, -0.2) is 4.99 Å². The van der Waals surface area contributed by atoms with Crippen molar-refractivity contribution < 1.29 is 4.74 Å². The lowest BCUT2D eigenvalue weighted by atomic mass is 10.1. The Kier molecular flexibility index (Phi) is 8.96. The smallest absolute Gasteiger partial charge is 0.191 e. The van der Waals surface area contributed by atoms with E-state index in [0.29, 0.717) is 13.1 Å². The minimum absolute atomic E-state index is 0. The fourth-order valence-corrected chi connectivity index (χ4v) is 2.52. The van der Waals surface area contributed by atoms with Gasteiger partial charge in [-0.15, -0.1) is 34.2 Å². The van der Waals surface area contributed by atoms with Crippen molar-refractivity contribution >= 4 is 29.9 Å². The maximum Gasteiger partial charge on any atom is 0.191 e. The molecule has 1 aliphatic heterocycles. The van der Waals surface area contributed by atoms with Crippen LogP contribution in [0.4, 0.5) is 0 Å². The second-order valence-corrected chi connectivity index (χ2v) is 6.51. The predicted octanol–water partition coefficient (Wildman–Crippen LogP) is 2.10. The van der Waals surface area contributed by atoms with Crippen molar-refractivity contribution in [2.75, 3.05) is 20.2 Å². The highest BCUT2D eigenvalue weighted by Crippen LogP contribution is 2.14. The van der Waals surface area contributed by atoms with E-state index >= 15 is 0 Å². The molecule has 0 aliphatic carbocycles. The van der Waals surface area contributed by atoms with Crippen LogP contribution in [-0.2, 0) is 24.2 Å². The van der Waals surface area contributed by atoms with E-state index < -0.39 is 0 Å². The number of hydrogen-bond donors (Lipinski definition) is 2. The lowest BCUT2D eigenvalue weighted by Gasteiger charge is -2.24. The molecule has 0 spiro atoms. The zero-order valence-corrected chi connectivity index (χ0v) is 17.6. The van der Waals surface area contributed by atoms with E-state index in [0.717, 1.165) is 37.1 Å². The Labute approximate surface area is 162 Å². The molecular formula is C16H31IN6O. The molecule has 0 radical (unpaired) electrons. The van der Waals surface area contributed by atoms with Crippen molar-refractivity contribution in [2.24, 2.45) is 4.99 Å². The van der Waals surface area contributed by atoms with E-state index in [-0.39, 0.29) is 29.6 Å². The molecule has 0 bridgehead atoms. The van der Waals surface area contributed by atoms with Gasteiger partial charge in [0.05, 0.1) is 5.60 Å². The normalized spacial score (nSPS) is 15.2. The van der Waals surface area contributed by atoms with E-state index in [2.05, 4.69) is 37.3 Å². The van der Waals surface area contributed by atoms with Crippen molar-refractivity contribution in [3.05, 3.63) is 11.6 Å². The first-order valence-corrected chi connectivity index (χ1v) is 8.54. The van der Waals surface area contributed by atoms with Gasteiger partial charge in [-0.05, 0) is 33.6 Å². The third kappa shape index (κ3) is 6.19. The van der Waals surface area contributed by atoms with E-state index in [4.69, 9.17) is 4.74 Å². The fourth-order valence-electron chi connectivity index (χ4n) is 2.52. The van der Waals surface area contributed by atoms with Crippen LogP contribution < -0.4 is 10.6 Å². The summed E-state index contributed by atoms with van der Waals surface area (Å²) in [5.74, 6) is 2.83. The molecule has 0 aromatic carbocycles. The summed E-state index contributed by atoms with van der Waals surface area (Å²) < 4.78 is 7.67. The average Bonchev–Trinajstić information content (AvgIpc) is 2.77. The molecule has 1 aromatic rings. The number of nitrogens with one attached hydrogen (secondary N) is 2. The zero-order valence-electron chi connectivity index (χ0n) is 15.3. The van der Waals surface area contributed by atoms with Crippen LogP contribution in [0.2, 0.25) is 0 Å². The highest BCUT2D eigenvalue weighted by atomic mass is 127. The molecule has 0 amide bonds. The maximum atomic E-state index is 5.43. The second-order valence-electron chi connectivity index (χ2n) is 6.51. The van der Waals surface area contributed by atoms with Crippen LogP contribution in [0.1, 0.15) is 51.7 Å². The highest BCUT2D eigenvalue weighted by molar-refractivity contribution is 14.0. The Hall–Kier alpha value is -0.900. The van der Waals surface area contributed by atoms with E-state index in [1.54, 1.807) is 7.11 Å². The third-order valence-electron chi connectivity index (χ3n) is 4.14. The van der Waals surface area contributed by atoms with Crippen molar-refractivity contribution in [1.29, 1.82) is 0 Å². The second kappa shape index (κ2) is 10.2. The van der Waals surface area contributed by atoms with Gasteiger partial charge >= 0.3 is 0 Å². The molecule has 24 heavy (non-hydrogen) atoms. The van der Waals surface area contributed by atoms with Crippen molar-refractivity contribution in [2.45, 2.75) is 65.1 Å². The SMILES string of the molecule is CCNC(=NCc1nnc2n1CCCCC2)NCC(C)(C)OC.I. The number of guanidine groups is 1. The van der Waals surface area contributed by atoms with Crippen LogP contribution in [0.25, 0.3) is 0 Å². The van der Waals surface area contributed by atoms with Crippen LogP contribution in [0, 0.1) is 0 Å². The Morgan fingerprint density at radius 3 is 2.75 bits per heavy atom. The number of rotatable bonds is 6. The van der Waals surface area contributed by atoms with E-state index in [1.807, 2.05) is 13.8 Å². The number of fused-ring (bicyclic) bond motifs is 1. The predicted molar refractivity (Wildman–Crippen MR) is 107 cm³/mol. The van der Waals surface area contributed by atoms with Gasteiger partial charge in [-0.3, -0.25) is 0 Å². The number of ether oxygens (including phenoxy) is 1. The molecule has 1 aromatic heterocycles. The Morgan fingerprint density at radius 1 is 1.25 bits per heavy atom. The summed E-state index contributed by atoms with van der Waals surface area (Å²) in [4.78, 5) is 4.65. The largest absolute Gasteiger partial charge is 0.377 e. The van der Waals surface area contributed by atoms with Crippen LogP contribution in [-0.4, -0.2) is 46.5 Å². The Morgan fingerprint density at radius 2 is 2.04 bits per heavy atom. The van der Waals surface area contributed by atoms with Crippen molar-refractivity contribution in [3.63, 3.8) is 0 Å². The van der Waals surface area contributed by atoms with Crippen molar-refractivity contribution in [3.8, 4) is 0 Å². The number of methoxy groups -OCH3 is 1. The van der Waals surface area contributed by atoms with Gasteiger partial charge in [-0.1, -0.05) is 6.42 Å². The Balaban J connectivity index is 0.00000288. The van der Waals surface area contributed by atoms with Gasteiger partial charge in [0.15, 0.2) is 11.8 Å². The van der Waals surface area contributed by atoms with Crippen LogP contribution in [0.3, 0.4) is 0 Å². The first-order valence-electron chi connectivity index (χ1n) is 8.54. The van der Waals surface area contributed by atoms with Gasteiger partial charge < -0.3 is 19.9 Å². The summed E-state index contributed by atoms with van der Waals surface area (Å²) in [6, 6.07) is 0. The topological polar surface area (TPSA) is 76.4 Å². The average molecular weight is 450 g/mol. The van der Waals surface area contributed by atoms with Gasteiger partial charge in [0.25, 0.3) is 0 Å². The number of halogens is 1. The van der Waals surface area contributed by atoms with Crippen LogP contribution in [0.5, 0.6) is 0 Å². The van der Waals surface area contributed by atoms with Gasteiger partial charge in [0.2, 0.25) is 0 Å². The molecule has 0 atom stereocenters. The van der Waals surface area contributed by atoms with Crippen LogP contribution in [0.15, 0.2) is 4.99 Å². The molecule has 0 saturated carbocycles. The lowest BCUT2D eigenvalue weighted by molar-refractivity contribution is 0.0268. The first kappa shape index (κ1) is 21.1. The summed E-state index contributed by atoms with van der Waals surface area (Å²) >= 11 is 0. The third-order valence-corrected chi connectivity index (χ3v) is 4.14.